The minimum Gasteiger partial charge on any atom is -0.369 e. The van der Waals surface area contributed by atoms with Crippen molar-refractivity contribution in [1.82, 2.24) is 15.1 Å². The maximum atomic E-state index is 14.3. The van der Waals surface area contributed by atoms with Crippen LogP contribution in [0.25, 0.3) is 11.3 Å². The molecule has 4 rings (SSSR count). The SMILES string of the molecule is CC1(C)[C@@H](c2cnnc(-c3c(F)cccc3F)c2)CC[C@]1(C)C(=O)N1CCC(C(N)=O)C1. The van der Waals surface area contributed by atoms with Gasteiger partial charge in [-0.1, -0.05) is 26.8 Å². The van der Waals surface area contributed by atoms with Gasteiger partial charge in [0.1, 0.15) is 11.6 Å². The number of rotatable bonds is 4. The van der Waals surface area contributed by atoms with Gasteiger partial charge in [-0.3, -0.25) is 9.59 Å². The summed E-state index contributed by atoms with van der Waals surface area (Å²) in [6.45, 7) is 6.95. The lowest BCUT2D eigenvalue weighted by molar-refractivity contribution is -0.145. The number of hydrogen-bond acceptors (Lipinski definition) is 4. The molecule has 0 bridgehead atoms. The Labute approximate surface area is 186 Å². The third kappa shape index (κ3) is 3.45. The maximum absolute atomic E-state index is 14.3. The summed E-state index contributed by atoms with van der Waals surface area (Å²) in [4.78, 5) is 26.9. The Morgan fingerprint density at radius 2 is 1.84 bits per heavy atom. The molecule has 8 heteroatoms. The number of halogens is 2. The van der Waals surface area contributed by atoms with E-state index in [-0.39, 0.29) is 34.9 Å². The van der Waals surface area contributed by atoms with Gasteiger partial charge in [-0.05, 0) is 54.4 Å². The van der Waals surface area contributed by atoms with Crippen molar-refractivity contribution in [3.63, 3.8) is 0 Å². The van der Waals surface area contributed by atoms with E-state index in [1.165, 1.54) is 18.2 Å². The van der Waals surface area contributed by atoms with E-state index in [2.05, 4.69) is 10.2 Å². The molecule has 1 unspecified atom stereocenters. The number of amides is 2. The van der Waals surface area contributed by atoms with Gasteiger partial charge < -0.3 is 10.6 Å². The summed E-state index contributed by atoms with van der Waals surface area (Å²) in [5, 5.41) is 7.98. The van der Waals surface area contributed by atoms with Crippen molar-refractivity contribution in [3.05, 3.63) is 47.7 Å². The molecule has 2 N–H and O–H groups in total. The maximum Gasteiger partial charge on any atom is 0.229 e. The third-order valence-corrected chi connectivity index (χ3v) is 7.87. The van der Waals surface area contributed by atoms with Crippen LogP contribution >= 0.6 is 0 Å². The highest BCUT2D eigenvalue weighted by molar-refractivity contribution is 5.86. The molecule has 2 fully saturated rings. The van der Waals surface area contributed by atoms with Crippen molar-refractivity contribution < 1.29 is 18.4 Å². The quantitative estimate of drug-likeness (QED) is 0.783. The van der Waals surface area contributed by atoms with Gasteiger partial charge in [-0.15, -0.1) is 0 Å². The second-order valence-electron chi connectivity index (χ2n) is 9.75. The highest BCUT2D eigenvalue weighted by Crippen LogP contribution is 2.60. The molecule has 0 radical (unpaired) electrons. The second kappa shape index (κ2) is 7.90. The van der Waals surface area contributed by atoms with Crippen LogP contribution in [0, 0.1) is 28.4 Å². The van der Waals surface area contributed by atoms with Crippen LogP contribution in [0.3, 0.4) is 0 Å². The Bertz CT molecular complexity index is 1050. The summed E-state index contributed by atoms with van der Waals surface area (Å²) >= 11 is 0. The predicted octanol–water partition coefficient (Wildman–Crippen LogP) is 3.67. The van der Waals surface area contributed by atoms with Gasteiger partial charge in [-0.25, -0.2) is 8.78 Å². The van der Waals surface area contributed by atoms with Crippen LogP contribution in [0.4, 0.5) is 8.78 Å². The third-order valence-electron chi connectivity index (χ3n) is 7.87. The molecule has 2 amide bonds. The summed E-state index contributed by atoms with van der Waals surface area (Å²) < 4.78 is 28.6. The lowest BCUT2D eigenvalue weighted by Crippen LogP contribution is -2.48. The molecule has 1 aliphatic heterocycles. The number of benzene rings is 1. The molecule has 170 valence electrons. The molecule has 2 aromatic rings. The van der Waals surface area contributed by atoms with E-state index in [0.717, 1.165) is 12.0 Å². The summed E-state index contributed by atoms with van der Waals surface area (Å²) in [7, 11) is 0. The van der Waals surface area contributed by atoms with Gasteiger partial charge in [0, 0.05) is 13.1 Å². The van der Waals surface area contributed by atoms with Crippen LogP contribution in [0.15, 0.2) is 30.5 Å². The number of primary amides is 1. The molecule has 1 saturated carbocycles. The molecule has 2 heterocycles. The average molecular weight is 443 g/mol. The first-order valence-electron chi connectivity index (χ1n) is 10.9. The lowest BCUT2D eigenvalue weighted by Gasteiger charge is -2.42. The molecular weight excluding hydrogens is 414 g/mol. The molecule has 1 saturated heterocycles. The van der Waals surface area contributed by atoms with Crippen molar-refractivity contribution in [1.29, 1.82) is 0 Å². The van der Waals surface area contributed by atoms with Crippen LogP contribution in [-0.2, 0) is 9.59 Å². The van der Waals surface area contributed by atoms with Crippen molar-refractivity contribution in [2.45, 2.75) is 46.0 Å². The first kappa shape index (κ1) is 22.3. The Morgan fingerprint density at radius 1 is 1.16 bits per heavy atom. The number of nitrogens with two attached hydrogens (primary N) is 1. The van der Waals surface area contributed by atoms with Gasteiger partial charge >= 0.3 is 0 Å². The number of carbonyl (C=O) groups is 2. The fourth-order valence-corrected chi connectivity index (χ4v) is 5.43. The number of aromatic nitrogens is 2. The van der Waals surface area contributed by atoms with Crippen LogP contribution in [-0.4, -0.2) is 40.0 Å². The standard InChI is InChI=1S/C24H28F2N4O2/c1-23(2)16(7-9-24(23,3)22(32)30-10-8-14(13-30)21(27)31)15-11-19(29-28-12-15)20-17(25)5-4-6-18(20)26/h4-6,11-12,14,16H,7-10,13H2,1-3H3,(H2,27,31)/t14?,16-,24-/m1/s1. The Balaban J connectivity index is 1.63. The van der Waals surface area contributed by atoms with E-state index in [4.69, 9.17) is 5.73 Å². The number of nitrogens with zero attached hydrogens (tertiary/aromatic N) is 3. The van der Waals surface area contributed by atoms with E-state index in [1.807, 2.05) is 20.8 Å². The smallest absolute Gasteiger partial charge is 0.229 e. The summed E-state index contributed by atoms with van der Waals surface area (Å²) in [6, 6.07) is 5.37. The Kier molecular flexibility index (Phi) is 5.51. The Morgan fingerprint density at radius 3 is 2.47 bits per heavy atom. The second-order valence-corrected chi connectivity index (χ2v) is 9.75. The molecular formula is C24H28F2N4O2. The normalized spacial score (nSPS) is 27.0. The Hall–Kier alpha value is -2.90. The van der Waals surface area contributed by atoms with Crippen LogP contribution in [0.1, 0.15) is 51.5 Å². The fourth-order valence-electron chi connectivity index (χ4n) is 5.43. The van der Waals surface area contributed by atoms with Crippen LogP contribution in [0.2, 0.25) is 0 Å². The van der Waals surface area contributed by atoms with Crippen molar-refractivity contribution in [3.8, 4) is 11.3 Å². The summed E-state index contributed by atoms with van der Waals surface area (Å²) in [5.74, 6) is -2.08. The van der Waals surface area contributed by atoms with Gasteiger partial charge in [0.25, 0.3) is 0 Å². The molecule has 3 atom stereocenters. The van der Waals surface area contributed by atoms with Crippen LogP contribution < -0.4 is 5.73 Å². The first-order chi connectivity index (χ1) is 15.1. The van der Waals surface area contributed by atoms with Crippen molar-refractivity contribution >= 4 is 11.8 Å². The molecule has 0 spiro atoms. The highest BCUT2D eigenvalue weighted by atomic mass is 19.1. The molecule has 6 nitrogen and oxygen atoms in total. The van der Waals surface area contributed by atoms with Gasteiger partial charge in [0.15, 0.2) is 0 Å². The zero-order valence-corrected chi connectivity index (χ0v) is 18.6. The largest absolute Gasteiger partial charge is 0.369 e. The average Bonchev–Trinajstić information content (AvgIpc) is 3.32. The van der Waals surface area contributed by atoms with Crippen LogP contribution in [0.5, 0.6) is 0 Å². The molecule has 1 aliphatic carbocycles. The minimum atomic E-state index is -0.694. The zero-order valence-electron chi connectivity index (χ0n) is 18.6. The van der Waals surface area contributed by atoms with Gasteiger partial charge in [0.2, 0.25) is 11.8 Å². The van der Waals surface area contributed by atoms with Crippen molar-refractivity contribution in [2.75, 3.05) is 13.1 Å². The molecule has 1 aromatic heterocycles. The van der Waals surface area contributed by atoms with E-state index < -0.39 is 22.5 Å². The summed E-state index contributed by atoms with van der Waals surface area (Å²) in [5.41, 5.74) is 5.06. The minimum absolute atomic E-state index is 0.0242. The van der Waals surface area contributed by atoms with E-state index >= 15 is 0 Å². The van der Waals surface area contributed by atoms with E-state index in [9.17, 15) is 18.4 Å². The van der Waals surface area contributed by atoms with Gasteiger partial charge in [0.05, 0.1) is 28.8 Å². The number of hydrogen-bond donors (Lipinski definition) is 1. The molecule has 2 aliphatic rings. The fraction of sp³-hybridized carbons (Fsp3) is 0.500. The number of likely N-dealkylation sites (tertiary alicyclic amines) is 1. The molecule has 1 aromatic carbocycles. The lowest BCUT2D eigenvalue weighted by atomic mass is 9.63. The van der Waals surface area contributed by atoms with E-state index in [0.29, 0.717) is 25.9 Å². The predicted molar refractivity (Wildman–Crippen MR) is 115 cm³/mol. The molecule has 32 heavy (non-hydrogen) atoms. The number of carbonyl (C=O) groups excluding carboxylic acids is 2. The summed E-state index contributed by atoms with van der Waals surface area (Å²) in [6.07, 6.45) is 3.59. The highest BCUT2D eigenvalue weighted by Gasteiger charge is 2.57. The topological polar surface area (TPSA) is 89.2 Å². The zero-order chi connectivity index (χ0) is 23.3. The first-order valence-corrected chi connectivity index (χ1v) is 10.9. The van der Waals surface area contributed by atoms with Crippen molar-refractivity contribution in [2.24, 2.45) is 22.5 Å². The van der Waals surface area contributed by atoms with Gasteiger partial charge in [-0.2, -0.15) is 10.2 Å². The van der Waals surface area contributed by atoms with E-state index in [1.54, 1.807) is 17.2 Å². The monoisotopic (exact) mass is 442 g/mol.